The highest BCUT2D eigenvalue weighted by molar-refractivity contribution is 7.89. The van der Waals surface area contributed by atoms with Crippen molar-refractivity contribution < 1.29 is 17.9 Å². The molecule has 0 bridgehead atoms. The minimum Gasteiger partial charge on any atom is -0.494 e. The molecule has 1 aromatic carbocycles. The highest BCUT2D eigenvalue weighted by atomic mass is 32.2. The molecule has 0 spiro atoms. The lowest BCUT2D eigenvalue weighted by atomic mass is 10.1. The van der Waals surface area contributed by atoms with E-state index in [1.165, 1.54) is 4.31 Å². The molecule has 1 amide bonds. The van der Waals surface area contributed by atoms with Crippen molar-refractivity contribution in [3.63, 3.8) is 0 Å². The van der Waals surface area contributed by atoms with E-state index < -0.39 is 10.0 Å². The fraction of sp³-hybridized carbons (Fsp3) is 0.368. The van der Waals surface area contributed by atoms with Crippen molar-refractivity contribution >= 4 is 15.9 Å². The van der Waals surface area contributed by atoms with Crippen LogP contribution in [0.5, 0.6) is 5.75 Å². The first-order chi connectivity index (χ1) is 12.9. The number of aromatic nitrogens is 1. The van der Waals surface area contributed by atoms with Crippen LogP contribution in [0.4, 0.5) is 0 Å². The Bertz CT molecular complexity index is 989. The van der Waals surface area contributed by atoms with Gasteiger partial charge in [-0.15, -0.1) is 0 Å². The summed E-state index contributed by atoms with van der Waals surface area (Å²) in [4.78, 5) is 19.0. The summed E-state index contributed by atoms with van der Waals surface area (Å²) in [5.74, 6) is 0.567. The lowest BCUT2D eigenvalue weighted by Gasteiger charge is -2.36. The third-order valence-corrected chi connectivity index (χ3v) is 6.87. The third-order valence-electron chi connectivity index (χ3n) is 4.99. The van der Waals surface area contributed by atoms with Crippen molar-refractivity contribution in [1.29, 1.82) is 0 Å². The Labute approximate surface area is 158 Å². The first-order valence-corrected chi connectivity index (χ1v) is 10.4. The van der Waals surface area contributed by atoms with Crippen LogP contribution in [-0.2, 0) is 10.0 Å². The van der Waals surface area contributed by atoms with Gasteiger partial charge < -0.3 is 9.64 Å². The maximum Gasteiger partial charge on any atom is 0.256 e. The van der Waals surface area contributed by atoms with E-state index in [1.807, 2.05) is 19.9 Å². The van der Waals surface area contributed by atoms with E-state index in [-0.39, 0.29) is 29.9 Å². The number of hydrogen-bond donors (Lipinski definition) is 0. The summed E-state index contributed by atoms with van der Waals surface area (Å²) in [5.41, 5.74) is 2.06. The minimum atomic E-state index is -3.65. The van der Waals surface area contributed by atoms with Crippen LogP contribution < -0.4 is 4.74 Å². The number of nitrogens with zero attached hydrogens (tertiary/aromatic N) is 3. The van der Waals surface area contributed by atoms with Gasteiger partial charge in [-0.25, -0.2) is 8.42 Å². The molecule has 0 aliphatic carbocycles. The Morgan fingerprint density at radius 3 is 2.59 bits per heavy atom. The average molecular weight is 387 g/mol. The summed E-state index contributed by atoms with van der Waals surface area (Å²) in [7, 11) is -3.65. The van der Waals surface area contributed by atoms with Gasteiger partial charge in [0.2, 0.25) is 10.0 Å². The topological polar surface area (TPSA) is 79.8 Å². The van der Waals surface area contributed by atoms with Gasteiger partial charge in [0, 0.05) is 25.3 Å². The van der Waals surface area contributed by atoms with Crippen molar-refractivity contribution in [3.05, 3.63) is 53.3 Å². The maximum atomic E-state index is 13.1. The molecule has 8 heteroatoms. The van der Waals surface area contributed by atoms with Gasteiger partial charge in [-0.3, -0.25) is 9.78 Å². The molecule has 7 nitrogen and oxygen atoms in total. The molecule has 1 aromatic heterocycles. The summed E-state index contributed by atoms with van der Waals surface area (Å²) in [6.07, 6.45) is 0. The van der Waals surface area contributed by atoms with Gasteiger partial charge in [0.15, 0.2) is 0 Å². The van der Waals surface area contributed by atoms with Crippen LogP contribution in [0.2, 0.25) is 0 Å². The molecular weight excluding hydrogens is 366 g/mol. The second-order valence-electron chi connectivity index (χ2n) is 6.67. The van der Waals surface area contributed by atoms with E-state index >= 15 is 0 Å². The fourth-order valence-corrected chi connectivity index (χ4v) is 5.08. The Hall–Kier alpha value is -2.45. The summed E-state index contributed by atoms with van der Waals surface area (Å²) in [6, 6.07) is 9.69. The van der Waals surface area contributed by atoms with Gasteiger partial charge in [0.25, 0.3) is 5.91 Å². The van der Waals surface area contributed by atoms with Crippen LogP contribution >= 0.6 is 0 Å². The molecule has 1 fully saturated rings. The first-order valence-electron chi connectivity index (χ1n) is 8.93. The van der Waals surface area contributed by atoms with Crippen molar-refractivity contribution in [3.8, 4) is 5.75 Å². The molecule has 2 aliphatic rings. The van der Waals surface area contributed by atoms with Crippen LogP contribution in [0.25, 0.3) is 0 Å². The number of aryl methyl sites for hydroxylation is 1. The monoisotopic (exact) mass is 387 g/mol. The highest BCUT2D eigenvalue weighted by Gasteiger charge is 2.44. The van der Waals surface area contributed by atoms with Gasteiger partial charge >= 0.3 is 0 Å². The van der Waals surface area contributed by atoms with Crippen molar-refractivity contribution in [2.75, 3.05) is 26.2 Å². The minimum absolute atomic E-state index is 0.0689. The van der Waals surface area contributed by atoms with E-state index in [2.05, 4.69) is 4.98 Å². The number of fused-ring (bicyclic) bond motifs is 3. The molecule has 0 saturated carbocycles. The lowest BCUT2D eigenvalue weighted by molar-refractivity contribution is 0.0625. The Kier molecular flexibility index (Phi) is 4.39. The van der Waals surface area contributed by atoms with E-state index in [4.69, 9.17) is 4.74 Å². The summed E-state index contributed by atoms with van der Waals surface area (Å²) < 4.78 is 33.0. The predicted octanol–water partition coefficient (Wildman–Crippen LogP) is 1.99. The van der Waals surface area contributed by atoms with Crippen LogP contribution in [0.1, 0.15) is 34.7 Å². The molecule has 2 aromatic rings. The van der Waals surface area contributed by atoms with Crippen molar-refractivity contribution in [1.82, 2.24) is 14.2 Å². The fourth-order valence-electron chi connectivity index (χ4n) is 3.64. The standard InChI is InChI=1S/C19H21N3O4S/c1-3-26-14-5-7-15(8-6-14)27(24,25)21-10-11-22-17(12-21)18-16(19(22)23)9-4-13(2)20-18/h4-9,17H,3,10-12H2,1-2H3/t17-/m1/s1. The molecule has 0 radical (unpaired) electrons. The van der Waals surface area contributed by atoms with E-state index in [9.17, 15) is 13.2 Å². The van der Waals surface area contributed by atoms with Crippen LogP contribution in [-0.4, -0.2) is 54.8 Å². The third kappa shape index (κ3) is 2.98. The Morgan fingerprint density at radius 2 is 1.89 bits per heavy atom. The highest BCUT2D eigenvalue weighted by Crippen LogP contribution is 2.36. The number of benzene rings is 1. The number of carbonyl (C=O) groups excluding carboxylic acids is 1. The van der Waals surface area contributed by atoms with Crippen LogP contribution in [0.3, 0.4) is 0 Å². The van der Waals surface area contributed by atoms with Crippen molar-refractivity contribution in [2.24, 2.45) is 0 Å². The molecule has 0 unspecified atom stereocenters. The van der Waals surface area contributed by atoms with E-state index in [1.54, 1.807) is 35.2 Å². The zero-order chi connectivity index (χ0) is 19.2. The average Bonchev–Trinajstić information content (AvgIpc) is 2.94. The largest absolute Gasteiger partial charge is 0.494 e. The number of hydrogen-bond acceptors (Lipinski definition) is 5. The maximum absolute atomic E-state index is 13.1. The second-order valence-corrected chi connectivity index (χ2v) is 8.61. The second kappa shape index (κ2) is 6.61. The van der Waals surface area contributed by atoms with Gasteiger partial charge in [0.05, 0.1) is 28.8 Å². The van der Waals surface area contributed by atoms with Gasteiger partial charge in [-0.1, -0.05) is 0 Å². The molecule has 1 saturated heterocycles. The van der Waals surface area contributed by atoms with Gasteiger partial charge in [-0.2, -0.15) is 4.31 Å². The molecule has 27 heavy (non-hydrogen) atoms. The molecule has 4 rings (SSSR count). The molecule has 1 atom stereocenters. The number of ether oxygens (including phenoxy) is 1. The van der Waals surface area contributed by atoms with E-state index in [0.29, 0.717) is 30.2 Å². The smallest absolute Gasteiger partial charge is 0.256 e. The quantitative estimate of drug-likeness (QED) is 0.802. The molecule has 3 heterocycles. The van der Waals surface area contributed by atoms with Crippen LogP contribution in [0.15, 0.2) is 41.3 Å². The van der Waals surface area contributed by atoms with Gasteiger partial charge in [0.1, 0.15) is 5.75 Å². The van der Waals surface area contributed by atoms with Crippen LogP contribution in [0, 0.1) is 6.92 Å². The normalized spacial score (nSPS) is 19.7. The zero-order valence-corrected chi connectivity index (χ0v) is 16.1. The predicted molar refractivity (Wildman–Crippen MR) is 99.1 cm³/mol. The molecule has 0 N–H and O–H groups in total. The van der Waals surface area contributed by atoms with E-state index in [0.717, 1.165) is 5.69 Å². The lowest BCUT2D eigenvalue weighted by Crippen LogP contribution is -2.49. The number of sulfonamides is 1. The number of rotatable bonds is 4. The Morgan fingerprint density at radius 1 is 1.15 bits per heavy atom. The van der Waals surface area contributed by atoms with Gasteiger partial charge in [-0.05, 0) is 50.2 Å². The zero-order valence-electron chi connectivity index (χ0n) is 15.3. The summed E-state index contributed by atoms with van der Waals surface area (Å²) in [6.45, 7) is 5.10. The number of carbonyl (C=O) groups is 1. The molecule has 142 valence electrons. The summed E-state index contributed by atoms with van der Waals surface area (Å²) >= 11 is 0. The SMILES string of the molecule is CCOc1ccc(S(=O)(=O)N2CCN3C(=O)c4ccc(C)nc4[C@H]3C2)cc1. The summed E-state index contributed by atoms with van der Waals surface area (Å²) in [5, 5.41) is 0. The number of pyridine rings is 1. The first kappa shape index (κ1) is 17.9. The van der Waals surface area contributed by atoms with Crippen molar-refractivity contribution in [2.45, 2.75) is 24.8 Å². The Balaban J connectivity index is 1.62. The molecular formula is C19H21N3O4S. The molecule has 2 aliphatic heterocycles. The number of piperazine rings is 1. The number of amides is 1.